The second-order valence-electron chi connectivity index (χ2n) is 11.3. The first-order chi connectivity index (χ1) is 20.9. The first-order valence-electron chi connectivity index (χ1n) is 14.5. The van der Waals surface area contributed by atoms with Gasteiger partial charge in [-0.2, -0.15) is 0 Å². The van der Waals surface area contributed by atoms with E-state index in [0.29, 0.717) is 41.5 Å². The molecule has 43 heavy (non-hydrogen) atoms. The highest BCUT2D eigenvalue weighted by Gasteiger charge is 2.31. The molecule has 1 fully saturated rings. The van der Waals surface area contributed by atoms with Crippen LogP contribution in [0.3, 0.4) is 0 Å². The van der Waals surface area contributed by atoms with Crippen LogP contribution in [-0.2, 0) is 13.1 Å². The van der Waals surface area contributed by atoms with Crippen molar-refractivity contribution in [3.8, 4) is 22.8 Å². The quantitative estimate of drug-likeness (QED) is 0.230. The second-order valence-corrected chi connectivity index (χ2v) is 11.3. The lowest BCUT2D eigenvalue weighted by atomic mass is 10.1. The summed E-state index contributed by atoms with van der Waals surface area (Å²) >= 11 is 0. The largest absolute Gasteiger partial charge is 0.497 e. The lowest BCUT2D eigenvalue weighted by molar-refractivity contribution is 0.0951. The lowest BCUT2D eigenvalue weighted by Gasteiger charge is -2.14. The van der Waals surface area contributed by atoms with E-state index in [-0.39, 0.29) is 24.0 Å². The number of hydrogen-bond donors (Lipinski definition) is 3. The van der Waals surface area contributed by atoms with Crippen LogP contribution in [0, 0.1) is 0 Å². The normalized spacial score (nSPS) is 14.3. The van der Waals surface area contributed by atoms with Crippen LogP contribution in [-0.4, -0.2) is 51.3 Å². The SMILES string of the molecule is COc1ccc(CNc2ncnc3c2c2c(n3C(C)C)CNC(=O)n3c-2cc2ccc(C(=O)NC4CC4)cc23)c(OC)c1. The number of anilines is 1. The fraction of sp³-hybridized carbons (Fsp3) is 0.312. The summed E-state index contributed by atoms with van der Waals surface area (Å²) in [5, 5.41) is 11.3. The number of rotatable bonds is 8. The van der Waals surface area contributed by atoms with Crippen LogP contribution in [0.5, 0.6) is 11.5 Å². The molecule has 0 spiro atoms. The Hall–Kier alpha value is -5.06. The van der Waals surface area contributed by atoms with Crippen LogP contribution >= 0.6 is 0 Å². The molecule has 0 saturated heterocycles. The van der Waals surface area contributed by atoms with Gasteiger partial charge in [0.2, 0.25) is 0 Å². The summed E-state index contributed by atoms with van der Waals surface area (Å²) in [4.78, 5) is 35.9. The molecule has 1 aliphatic heterocycles. The van der Waals surface area contributed by atoms with Crippen molar-refractivity contribution < 1.29 is 19.1 Å². The van der Waals surface area contributed by atoms with E-state index >= 15 is 0 Å². The summed E-state index contributed by atoms with van der Waals surface area (Å²) in [6.07, 6.45) is 3.57. The molecule has 0 radical (unpaired) electrons. The number of aromatic nitrogens is 4. The Morgan fingerprint density at radius 2 is 1.93 bits per heavy atom. The molecule has 0 atom stereocenters. The molecule has 4 heterocycles. The predicted octanol–water partition coefficient (Wildman–Crippen LogP) is 5.23. The van der Waals surface area contributed by atoms with Crippen LogP contribution in [0.4, 0.5) is 10.6 Å². The number of carbonyl (C=O) groups excluding carboxylic acids is 2. The molecule has 5 aromatic rings. The van der Waals surface area contributed by atoms with E-state index in [1.807, 2.05) is 36.4 Å². The molecule has 3 N–H and O–H groups in total. The average molecular weight is 580 g/mol. The zero-order valence-corrected chi connectivity index (χ0v) is 24.5. The van der Waals surface area contributed by atoms with Crippen molar-refractivity contribution in [3.63, 3.8) is 0 Å². The molecule has 2 aliphatic rings. The molecule has 11 nitrogen and oxygen atoms in total. The van der Waals surface area contributed by atoms with Gasteiger partial charge in [-0.05, 0) is 57.0 Å². The van der Waals surface area contributed by atoms with E-state index in [9.17, 15) is 9.59 Å². The van der Waals surface area contributed by atoms with Gasteiger partial charge in [-0.3, -0.25) is 9.36 Å². The number of methoxy groups -OCH3 is 2. The van der Waals surface area contributed by atoms with Crippen LogP contribution in [0.25, 0.3) is 33.2 Å². The standard InChI is InChI=1S/C32H33N7O4/c1-17(2)38-25-15-34-32(41)39-23-12-19(31(40)37-21-8-9-21)6-5-18(23)11-24(39)27(25)28-29(35-16-36-30(28)38)33-14-20-7-10-22(42-3)13-26(20)43-4/h5-7,10-13,16-17,21H,8-9,14-15H2,1-4H3,(H,34,41)(H,37,40)(H,33,35,36). The first kappa shape index (κ1) is 26.8. The molecule has 0 unspecified atom stereocenters. The summed E-state index contributed by atoms with van der Waals surface area (Å²) in [6.45, 7) is 4.97. The van der Waals surface area contributed by atoms with Crippen molar-refractivity contribution in [1.82, 2.24) is 29.7 Å². The Bertz CT molecular complexity index is 1920. The Morgan fingerprint density at radius 3 is 2.67 bits per heavy atom. The number of nitrogens with zero attached hydrogens (tertiary/aromatic N) is 4. The van der Waals surface area contributed by atoms with Gasteiger partial charge in [0, 0.05) is 52.5 Å². The Kier molecular flexibility index (Phi) is 6.45. The molecule has 2 aromatic carbocycles. The summed E-state index contributed by atoms with van der Waals surface area (Å²) in [5.41, 5.74) is 5.46. The summed E-state index contributed by atoms with van der Waals surface area (Å²) in [5.74, 6) is 1.93. The zero-order valence-electron chi connectivity index (χ0n) is 24.5. The minimum absolute atomic E-state index is 0.0706. The number of ether oxygens (including phenoxy) is 2. The van der Waals surface area contributed by atoms with Crippen molar-refractivity contribution in [1.29, 1.82) is 0 Å². The van der Waals surface area contributed by atoms with Crippen molar-refractivity contribution in [2.45, 2.75) is 51.9 Å². The maximum absolute atomic E-state index is 13.6. The number of nitrogens with one attached hydrogen (secondary N) is 3. The van der Waals surface area contributed by atoms with Crippen LogP contribution in [0.15, 0.2) is 48.8 Å². The molecular weight excluding hydrogens is 546 g/mol. The highest BCUT2D eigenvalue weighted by atomic mass is 16.5. The molecule has 3 aromatic heterocycles. The number of benzene rings is 2. The minimum Gasteiger partial charge on any atom is -0.497 e. The molecule has 7 rings (SSSR count). The van der Waals surface area contributed by atoms with Crippen molar-refractivity contribution in [2.24, 2.45) is 0 Å². The van der Waals surface area contributed by atoms with Crippen LogP contribution in [0.2, 0.25) is 0 Å². The smallest absolute Gasteiger partial charge is 0.326 e. The van der Waals surface area contributed by atoms with Gasteiger partial charge in [0.15, 0.2) is 0 Å². The minimum atomic E-state index is -0.251. The molecule has 1 aliphatic carbocycles. The third-order valence-corrected chi connectivity index (χ3v) is 8.19. The molecule has 220 valence electrons. The van der Waals surface area contributed by atoms with Gasteiger partial charge in [-0.15, -0.1) is 0 Å². The molecular formula is C32H33N7O4. The number of carbonyl (C=O) groups is 2. The maximum atomic E-state index is 13.6. The molecule has 11 heteroatoms. The van der Waals surface area contributed by atoms with Gasteiger partial charge in [0.1, 0.15) is 29.3 Å². The molecule has 2 amide bonds. The fourth-order valence-electron chi connectivity index (χ4n) is 5.98. The summed E-state index contributed by atoms with van der Waals surface area (Å²) < 4.78 is 14.8. The van der Waals surface area contributed by atoms with E-state index in [1.165, 1.54) is 0 Å². The van der Waals surface area contributed by atoms with Gasteiger partial charge in [-0.1, -0.05) is 6.07 Å². The van der Waals surface area contributed by atoms with E-state index < -0.39 is 0 Å². The van der Waals surface area contributed by atoms with E-state index in [0.717, 1.165) is 51.8 Å². The summed E-state index contributed by atoms with van der Waals surface area (Å²) in [7, 11) is 3.26. The highest BCUT2D eigenvalue weighted by molar-refractivity contribution is 6.09. The van der Waals surface area contributed by atoms with Gasteiger partial charge < -0.3 is 30.0 Å². The van der Waals surface area contributed by atoms with E-state index in [4.69, 9.17) is 14.5 Å². The van der Waals surface area contributed by atoms with Crippen LogP contribution in [0.1, 0.15) is 54.3 Å². The Labute approximate surface area is 248 Å². The predicted molar refractivity (Wildman–Crippen MR) is 164 cm³/mol. The first-order valence-corrected chi connectivity index (χ1v) is 14.5. The third kappa shape index (κ3) is 4.52. The molecule has 1 saturated carbocycles. The lowest BCUT2D eigenvalue weighted by Crippen LogP contribution is -2.28. The second kappa shape index (κ2) is 10.3. The van der Waals surface area contributed by atoms with Crippen molar-refractivity contribution in [3.05, 3.63) is 65.6 Å². The Balaban J connectivity index is 1.39. The fourth-order valence-corrected chi connectivity index (χ4v) is 5.98. The van der Waals surface area contributed by atoms with Crippen molar-refractivity contribution in [2.75, 3.05) is 19.5 Å². The maximum Gasteiger partial charge on any atom is 0.326 e. The average Bonchev–Trinajstić information content (AvgIpc) is 3.68. The zero-order chi connectivity index (χ0) is 29.8. The van der Waals surface area contributed by atoms with Gasteiger partial charge in [0.25, 0.3) is 5.91 Å². The van der Waals surface area contributed by atoms with Gasteiger partial charge in [-0.25, -0.2) is 14.8 Å². The summed E-state index contributed by atoms with van der Waals surface area (Å²) in [6, 6.07) is 13.3. The number of fused-ring (bicyclic) bond motifs is 7. The van der Waals surface area contributed by atoms with E-state index in [2.05, 4.69) is 39.3 Å². The number of hydrogen-bond acceptors (Lipinski definition) is 7. The highest BCUT2D eigenvalue weighted by Crippen LogP contribution is 2.42. The van der Waals surface area contributed by atoms with Crippen molar-refractivity contribution >= 4 is 39.7 Å². The van der Waals surface area contributed by atoms with Crippen LogP contribution < -0.4 is 25.4 Å². The van der Waals surface area contributed by atoms with Gasteiger partial charge in [0.05, 0.1) is 37.4 Å². The van der Waals surface area contributed by atoms with Gasteiger partial charge >= 0.3 is 6.03 Å². The van der Waals surface area contributed by atoms with E-state index in [1.54, 1.807) is 31.2 Å². The molecule has 0 bridgehead atoms. The number of amides is 2. The third-order valence-electron chi connectivity index (χ3n) is 8.19. The topological polar surface area (TPSA) is 124 Å². The Morgan fingerprint density at radius 1 is 1.09 bits per heavy atom. The monoisotopic (exact) mass is 579 g/mol.